The second-order valence-corrected chi connectivity index (χ2v) is 4.04. The van der Waals surface area contributed by atoms with Gasteiger partial charge in [-0.1, -0.05) is 12.1 Å². The van der Waals surface area contributed by atoms with Crippen molar-refractivity contribution < 1.29 is 13.4 Å². The monoisotopic (exact) mass is 200 g/mol. The number of hydrogen-bond donors (Lipinski definition) is 0. The van der Waals surface area contributed by atoms with Crippen LogP contribution in [0.25, 0.3) is 0 Å². The minimum Gasteiger partial charge on any atom is -0.299 e. The summed E-state index contributed by atoms with van der Waals surface area (Å²) in [6.07, 6.45) is 0. The standard InChI is InChI=1S/C9H9FO2S/c1-7(11)6-13(12)9-5-3-2-4-8(9)10/h2-5H,6H2,1H3. The number of rotatable bonds is 3. The lowest BCUT2D eigenvalue weighted by Gasteiger charge is -2.00. The molecule has 1 atom stereocenters. The van der Waals surface area contributed by atoms with Crippen molar-refractivity contribution in [3.63, 3.8) is 0 Å². The Morgan fingerprint density at radius 2 is 2.08 bits per heavy atom. The van der Waals surface area contributed by atoms with E-state index in [2.05, 4.69) is 0 Å². The molecule has 0 heterocycles. The molecule has 0 N–H and O–H groups in total. The van der Waals surface area contributed by atoms with E-state index in [1.807, 2.05) is 0 Å². The smallest absolute Gasteiger partial charge is 0.142 e. The minimum atomic E-state index is -1.55. The molecule has 4 heteroatoms. The highest BCUT2D eigenvalue weighted by atomic mass is 32.2. The fourth-order valence-electron chi connectivity index (χ4n) is 0.892. The predicted molar refractivity (Wildman–Crippen MR) is 48.4 cm³/mol. The van der Waals surface area contributed by atoms with Crippen LogP contribution in [0.1, 0.15) is 6.92 Å². The lowest BCUT2D eigenvalue weighted by Crippen LogP contribution is -2.07. The zero-order valence-electron chi connectivity index (χ0n) is 7.12. The molecule has 0 aliphatic rings. The van der Waals surface area contributed by atoms with Gasteiger partial charge in [0.15, 0.2) is 0 Å². The maximum atomic E-state index is 13.0. The van der Waals surface area contributed by atoms with Crippen LogP contribution in [0.5, 0.6) is 0 Å². The summed E-state index contributed by atoms with van der Waals surface area (Å²) in [6, 6.07) is 5.77. The fraction of sp³-hybridized carbons (Fsp3) is 0.222. The van der Waals surface area contributed by atoms with E-state index in [4.69, 9.17) is 0 Å². The van der Waals surface area contributed by atoms with Crippen LogP contribution in [0.4, 0.5) is 4.39 Å². The van der Waals surface area contributed by atoms with E-state index >= 15 is 0 Å². The van der Waals surface area contributed by atoms with Gasteiger partial charge in [0.2, 0.25) is 0 Å². The summed E-state index contributed by atoms with van der Waals surface area (Å²) in [6.45, 7) is 1.33. The van der Waals surface area contributed by atoms with E-state index in [1.165, 1.54) is 25.1 Å². The Bertz CT molecular complexity index is 349. The van der Waals surface area contributed by atoms with Crippen LogP contribution in [0.2, 0.25) is 0 Å². The molecule has 0 saturated carbocycles. The molecule has 0 aliphatic carbocycles. The zero-order valence-corrected chi connectivity index (χ0v) is 7.94. The third kappa shape index (κ3) is 2.73. The summed E-state index contributed by atoms with van der Waals surface area (Å²) in [5, 5.41) is 0. The maximum absolute atomic E-state index is 13.0. The van der Waals surface area contributed by atoms with Gasteiger partial charge in [0.25, 0.3) is 0 Å². The summed E-state index contributed by atoms with van der Waals surface area (Å²) < 4.78 is 24.3. The first-order valence-corrected chi connectivity index (χ1v) is 5.05. The Kier molecular flexibility index (Phi) is 3.31. The third-order valence-electron chi connectivity index (χ3n) is 1.42. The predicted octanol–water partition coefficient (Wildman–Crippen LogP) is 1.52. The largest absolute Gasteiger partial charge is 0.299 e. The Morgan fingerprint density at radius 1 is 1.46 bits per heavy atom. The van der Waals surface area contributed by atoms with Gasteiger partial charge < -0.3 is 0 Å². The summed E-state index contributed by atoms with van der Waals surface area (Å²) in [4.78, 5) is 10.7. The first kappa shape index (κ1) is 10.1. The Hall–Kier alpha value is -1.03. The molecule has 70 valence electrons. The highest BCUT2D eigenvalue weighted by Crippen LogP contribution is 2.11. The van der Waals surface area contributed by atoms with Crippen molar-refractivity contribution in [2.45, 2.75) is 11.8 Å². The van der Waals surface area contributed by atoms with Crippen molar-refractivity contribution in [2.24, 2.45) is 0 Å². The first-order chi connectivity index (χ1) is 6.11. The van der Waals surface area contributed by atoms with Gasteiger partial charge in [0, 0.05) is 0 Å². The van der Waals surface area contributed by atoms with Crippen LogP contribution in [0, 0.1) is 5.82 Å². The highest BCUT2D eigenvalue weighted by molar-refractivity contribution is 7.85. The molecule has 0 aliphatic heterocycles. The van der Waals surface area contributed by atoms with Gasteiger partial charge in [-0.25, -0.2) is 4.39 Å². The van der Waals surface area contributed by atoms with E-state index in [0.717, 1.165) is 0 Å². The molecule has 1 unspecified atom stereocenters. The molecular formula is C9H9FO2S. The Labute approximate surface area is 78.2 Å². The molecule has 0 amide bonds. The van der Waals surface area contributed by atoms with Gasteiger partial charge in [0.05, 0.1) is 21.4 Å². The minimum absolute atomic E-state index is 0.0951. The SMILES string of the molecule is CC(=O)CS(=O)c1ccccc1F. The highest BCUT2D eigenvalue weighted by Gasteiger charge is 2.10. The van der Waals surface area contributed by atoms with E-state index in [0.29, 0.717) is 0 Å². The van der Waals surface area contributed by atoms with Crippen LogP contribution in [-0.4, -0.2) is 15.7 Å². The third-order valence-corrected chi connectivity index (χ3v) is 2.91. The molecule has 0 radical (unpaired) electrons. The van der Waals surface area contributed by atoms with Gasteiger partial charge in [0.1, 0.15) is 11.6 Å². The van der Waals surface area contributed by atoms with Crippen LogP contribution in [0.3, 0.4) is 0 Å². The van der Waals surface area contributed by atoms with Crippen molar-refractivity contribution in [3.05, 3.63) is 30.1 Å². The molecule has 13 heavy (non-hydrogen) atoms. The van der Waals surface area contributed by atoms with Gasteiger partial charge >= 0.3 is 0 Å². The van der Waals surface area contributed by atoms with E-state index < -0.39 is 16.6 Å². The van der Waals surface area contributed by atoms with Crippen molar-refractivity contribution in [1.29, 1.82) is 0 Å². The molecule has 1 rings (SSSR count). The Balaban J connectivity index is 2.89. The van der Waals surface area contributed by atoms with Gasteiger partial charge in [-0.3, -0.25) is 9.00 Å². The van der Waals surface area contributed by atoms with Gasteiger partial charge in [-0.05, 0) is 19.1 Å². The van der Waals surface area contributed by atoms with Gasteiger partial charge in [-0.15, -0.1) is 0 Å². The summed E-state index contributed by atoms with van der Waals surface area (Å²) >= 11 is 0. The van der Waals surface area contributed by atoms with Crippen LogP contribution < -0.4 is 0 Å². The van der Waals surface area contributed by atoms with Crippen molar-refractivity contribution in [1.82, 2.24) is 0 Å². The quantitative estimate of drug-likeness (QED) is 0.741. The fourth-order valence-corrected chi connectivity index (χ4v) is 1.93. The number of halogens is 1. The lowest BCUT2D eigenvalue weighted by molar-refractivity contribution is -0.114. The molecular weight excluding hydrogens is 191 g/mol. The van der Waals surface area contributed by atoms with E-state index in [-0.39, 0.29) is 16.4 Å². The summed E-state index contributed by atoms with van der Waals surface area (Å²) in [5.41, 5.74) is 0. The average Bonchev–Trinajstić information content (AvgIpc) is 2.03. The number of hydrogen-bond acceptors (Lipinski definition) is 2. The molecule has 0 spiro atoms. The normalized spacial score (nSPS) is 12.5. The number of ketones is 1. The molecule has 2 nitrogen and oxygen atoms in total. The molecule has 0 fully saturated rings. The number of benzene rings is 1. The topological polar surface area (TPSA) is 34.1 Å². The number of carbonyl (C=O) groups excluding carboxylic acids is 1. The first-order valence-electron chi connectivity index (χ1n) is 3.73. The average molecular weight is 200 g/mol. The maximum Gasteiger partial charge on any atom is 0.142 e. The summed E-state index contributed by atoms with van der Waals surface area (Å²) in [7, 11) is -1.55. The van der Waals surface area contributed by atoms with E-state index in [1.54, 1.807) is 6.07 Å². The van der Waals surface area contributed by atoms with Crippen molar-refractivity contribution in [2.75, 3.05) is 5.75 Å². The molecule has 0 saturated heterocycles. The van der Waals surface area contributed by atoms with Gasteiger partial charge in [-0.2, -0.15) is 0 Å². The van der Waals surface area contributed by atoms with Crippen LogP contribution in [0.15, 0.2) is 29.2 Å². The van der Waals surface area contributed by atoms with Crippen molar-refractivity contribution >= 4 is 16.6 Å². The Morgan fingerprint density at radius 3 is 2.62 bits per heavy atom. The summed E-state index contributed by atoms with van der Waals surface area (Å²) in [5.74, 6) is -0.857. The van der Waals surface area contributed by atoms with Crippen molar-refractivity contribution in [3.8, 4) is 0 Å². The lowest BCUT2D eigenvalue weighted by atomic mass is 10.3. The molecule has 0 aromatic heterocycles. The molecule has 1 aromatic carbocycles. The van der Waals surface area contributed by atoms with Crippen LogP contribution in [-0.2, 0) is 15.6 Å². The zero-order chi connectivity index (χ0) is 9.84. The second kappa shape index (κ2) is 4.28. The number of carbonyl (C=O) groups is 1. The number of Topliss-reactive ketones (excluding diaryl/α,β-unsaturated/α-hetero) is 1. The molecule has 1 aromatic rings. The second-order valence-electron chi connectivity index (χ2n) is 2.62. The molecule has 0 bridgehead atoms. The van der Waals surface area contributed by atoms with Crippen LogP contribution >= 0.6 is 0 Å². The van der Waals surface area contributed by atoms with E-state index in [9.17, 15) is 13.4 Å².